The summed E-state index contributed by atoms with van der Waals surface area (Å²) in [5.41, 5.74) is 3.26. The van der Waals surface area contributed by atoms with Crippen LogP contribution in [0.4, 0.5) is 0 Å². The molecule has 4 nitrogen and oxygen atoms in total. The lowest BCUT2D eigenvalue weighted by atomic mass is 9.81. The third kappa shape index (κ3) is 2.67. The first-order chi connectivity index (χ1) is 11.8. The van der Waals surface area contributed by atoms with Gasteiger partial charge in [-0.05, 0) is 41.7 Å². The predicted molar refractivity (Wildman–Crippen MR) is 93.5 cm³/mol. The van der Waals surface area contributed by atoms with Crippen molar-refractivity contribution in [1.82, 2.24) is 10.6 Å². The van der Waals surface area contributed by atoms with Crippen LogP contribution in [0.2, 0.25) is 0 Å². The highest BCUT2D eigenvalue weighted by Gasteiger charge is 2.40. The Morgan fingerprint density at radius 1 is 1.12 bits per heavy atom. The topological polar surface area (TPSA) is 50.4 Å². The molecular weight excluding hydrogens is 300 g/mol. The van der Waals surface area contributed by atoms with Gasteiger partial charge < -0.3 is 15.4 Å². The second-order valence-electron chi connectivity index (χ2n) is 6.65. The van der Waals surface area contributed by atoms with E-state index in [0.29, 0.717) is 17.9 Å². The number of ether oxygens (including phenoxy) is 1. The Kier molecular flexibility index (Phi) is 3.98. The first-order valence-electron chi connectivity index (χ1n) is 8.49. The molecule has 0 spiro atoms. The Morgan fingerprint density at radius 2 is 2.00 bits per heavy atom. The van der Waals surface area contributed by atoms with E-state index in [0.717, 1.165) is 30.8 Å². The molecule has 0 aliphatic carbocycles. The van der Waals surface area contributed by atoms with E-state index in [-0.39, 0.29) is 5.91 Å². The summed E-state index contributed by atoms with van der Waals surface area (Å²) in [6, 6.07) is 16.6. The summed E-state index contributed by atoms with van der Waals surface area (Å²) in [5, 5.41) is 6.75. The minimum Gasteiger partial charge on any atom is -0.497 e. The molecule has 4 heteroatoms. The van der Waals surface area contributed by atoms with Gasteiger partial charge in [0, 0.05) is 30.6 Å². The quantitative estimate of drug-likeness (QED) is 0.912. The van der Waals surface area contributed by atoms with Gasteiger partial charge in [-0.2, -0.15) is 0 Å². The fourth-order valence-corrected chi connectivity index (χ4v) is 4.12. The number of methoxy groups -OCH3 is 1. The zero-order valence-corrected chi connectivity index (χ0v) is 13.8. The van der Waals surface area contributed by atoms with E-state index in [1.807, 2.05) is 30.3 Å². The molecule has 2 heterocycles. The Hall–Kier alpha value is -2.33. The van der Waals surface area contributed by atoms with Gasteiger partial charge in [-0.3, -0.25) is 4.79 Å². The number of nitrogens with one attached hydrogen (secondary N) is 2. The number of carbonyl (C=O) groups excluding carboxylic acids is 1. The molecule has 1 amide bonds. The molecule has 1 fully saturated rings. The highest BCUT2D eigenvalue weighted by molar-refractivity contribution is 5.96. The SMILES string of the molecule is COc1cccc(CC2NC[C@@H]3CNC(=O)c4ccccc4[C@@H]23)c1. The molecule has 4 rings (SSSR count). The molecule has 3 atom stereocenters. The lowest BCUT2D eigenvalue weighted by Crippen LogP contribution is -2.29. The van der Waals surface area contributed by atoms with Gasteiger partial charge in [-0.25, -0.2) is 0 Å². The number of amides is 1. The van der Waals surface area contributed by atoms with Crippen molar-refractivity contribution < 1.29 is 9.53 Å². The van der Waals surface area contributed by atoms with E-state index in [9.17, 15) is 4.79 Å². The summed E-state index contributed by atoms with van der Waals surface area (Å²) in [4.78, 5) is 12.3. The summed E-state index contributed by atoms with van der Waals surface area (Å²) in [6.07, 6.45) is 0.931. The highest BCUT2D eigenvalue weighted by Crippen LogP contribution is 2.37. The minimum absolute atomic E-state index is 0.0557. The minimum atomic E-state index is 0.0557. The number of carbonyl (C=O) groups is 1. The lowest BCUT2D eigenvalue weighted by molar-refractivity contribution is 0.0952. The van der Waals surface area contributed by atoms with Gasteiger partial charge in [0.1, 0.15) is 5.75 Å². The number of hydrogen-bond acceptors (Lipinski definition) is 3. The number of fused-ring (bicyclic) bond motifs is 3. The smallest absolute Gasteiger partial charge is 0.251 e. The maximum atomic E-state index is 12.3. The summed E-state index contributed by atoms with van der Waals surface area (Å²) in [6.45, 7) is 1.67. The average molecular weight is 322 g/mol. The summed E-state index contributed by atoms with van der Waals surface area (Å²) < 4.78 is 5.34. The molecule has 0 bridgehead atoms. The van der Waals surface area contributed by atoms with Crippen molar-refractivity contribution in [3.05, 3.63) is 65.2 Å². The zero-order chi connectivity index (χ0) is 16.5. The maximum absolute atomic E-state index is 12.3. The van der Waals surface area contributed by atoms with Gasteiger partial charge >= 0.3 is 0 Å². The van der Waals surface area contributed by atoms with E-state index >= 15 is 0 Å². The summed E-state index contributed by atoms with van der Waals surface area (Å²) in [5.74, 6) is 1.74. The highest BCUT2D eigenvalue weighted by atomic mass is 16.5. The number of hydrogen-bond donors (Lipinski definition) is 2. The number of rotatable bonds is 3. The molecule has 0 radical (unpaired) electrons. The van der Waals surface area contributed by atoms with Gasteiger partial charge in [-0.1, -0.05) is 30.3 Å². The molecule has 2 aliphatic rings. The number of benzene rings is 2. The van der Waals surface area contributed by atoms with Gasteiger partial charge in [0.2, 0.25) is 0 Å². The van der Waals surface area contributed by atoms with Crippen molar-refractivity contribution in [3.8, 4) is 5.75 Å². The van der Waals surface area contributed by atoms with E-state index in [1.165, 1.54) is 11.1 Å². The van der Waals surface area contributed by atoms with Crippen LogP contribution >= 0.6 is 0 Å². The predicted octanol–water partition coefficient (Wildman–Crippen LogP) is 2.35. The lowest BCUT2D eigenvalue weighted by Gasteiger charge is -2.24. The molecule has 2 N–H and O–H groups in total. The Balaban J connectivity index is 1.66. The molecular formula is C20H22N2O2. The van der Waals surface area contributed by atoms with Crippen LogP contribution in [0, 0.1) is 5.92 Å². The first kappa shape index (κ1) is 15.2. The molecule has 124 valence electrons. The van der Waals surface area contributed by atoms with Crippen molar-refractivity contribution in [2.45, 2.75) is 18.4 Å². The van der Waals surface area contributed by atoms with Gasteiger partial charge in [0.15, 0.2) is 0 Å². The summed E-state index contributed by atoms with van der Waals surface area (Å²) >= 11 is 0. The van der Waals surface area contributed by atoms with Crippen LogP contribution < -0.4 is 15.4 Å². The van der Waals surface area contributed by atoms with Crippen molar-refractivity contribution in [3.63, 3.8) is 0 Å². The third-order valence-electron chi connectivity index (χ3n) is 5.26. The second kappa shape index (κ2) is 6.29. The molecule has 0 saturated carbocycles. The molecule has 0 aromatic heterocycles. The van der Waals surface area contributed by atoms with E-state index in [2.05, 4.69) is 28.8 Å². The van der Waals surface area contributed by atoms with Crippen LogP contribution in [0.25, 0.3) is 0 Å². The van der Waals surface area contributed by atoms with Crippen LogP contribution in [0.15, 0.2) is 48.5 Å². The summed E-state index contributed by atoms with van der Waals surface area (Å²) in [7, 11) is 1.70. The van der Waals surface area contributed by atoms with Crippen molar-refractivity contribution in [2.24, 2.45) is 5.92 Å². The Bertz CT molecular complexity index is 759. The van der Waals surface area contributed by atoms with Gasteiger partial charge in [0.05, 0.1) is 7.11 Å². The molecule has 1 unspecified atom stereocenters. The maximum Gasteiger partial charge on any atom is 0.251 e. The zero-order valence-electron chi connectivity index (χ0n) is 13.8. The first-order valence-corrected chi connectivity index (χ1v) is 8.49. The molecule has 1 saturated heterocycles. The monoisotopic (exact) mass is 322 g/mol. The van der Waals surface area contributed by atoms with Crippen LogP contribution in [0.5, 0.6) is 5.75 Å². The third-order valence-corrected chi connectivity index (χ3v) is 5.26. The standard InChI is InChI=1S/C20H22N2O2/c1-24-15-6-4-5-13(9-15)10-18-19-14(11-21-18)12-22-20(23)17-8-3-2-7-16(17)19/h2-9,14,18-19,21H,10-12H2,1H3,(H,22,23)/t14-,18?,19+/m1/s1. The molecule has 2 aromatic carbocycles. The van der Waals surface area contributed by atoms with E-state index < -0.39 is 0 Å². The van der Waals surface area contributed by atoms with Gasteiger partial charge in [-0.15, -0.1) is 0 Å². The van der Waals surface area contributed by atoms with E-state index in [4.69, 9.17) is 4.74 Å². The Labute approximate surface area is 142 Å². The van der Waals surface area contributed by atoms with Crippen LogP contribution in [-0.2, 0) is 6.42 Å². The fraction of sp³-hybridized carbons (Fsp3) is 0.350. The second-order valence-corrected chi connectivity index (χ2v) is 6.65. The van der Waals surface area contributed by atoms with Crippen LogP contribution in [0.1, 0.15) is 27.4 Å². The van der Waals surface area contributed by atoms with Crippen molar-refractivity contribution in [2.75, 3.05) is 20.2 Å². The van der Waals surface area contributed by atoms with Crippen molar-refractivity contribution in [1.29, 1.82) is 0 Å². The Morgan fingerprint density at radius 3 is 2.88 bits per heavy atom. The van der Waals surface area contributed by atoms with Crippen LogP contribution in [0.3, 0.4) is 0 Å². The largest absolute Gasteiger partial charge is 0.497 e. The van der Waals surface area contributed by atoms with Gasteiger partial charge in [0.25, 0.3) is 5.91 Å². The normalized spacial score (nSPS) is 25.4. The molecule has 2 aliphatic heterocycles. The molecule has 24 heavy (non-hydrogen) atoms. The van der Waals surface area contributed by atoms with Crippen LogP contribution in [-0.4, -0.2) is 32.1 Å². The fourth-order valence-electron chi connectivity index (χ4n) is 4.12. The average Bonchev–Trinajstić information content (AvgIpc) is 2.95. The molecule has 2 aromatic rings. The van der Waals surface area contributed by atoms with Crippen molar-refractivity contribution >= 4 is 5.91 Å². The van der Waals surface area contributed by atoms with E-state index in [1.54, 1.807) is 7.11 Å².